The quantitative estimate of drug-likeness (QED) is 0.626. The lowest BCUT2D eigenvalue weighted by atomic mass is 9.69. The molecule has 0 aromatic heterocycles. The maximum atomic E-state index is 15.1. The average molecular weight is 370 g/mol. The highest BCUT2D eigenvalue weighted by Crippen LogP contribution is 2.44. The molecule has 0 spiro atoms. The molecule has 2 saturated carbocycles. The van der Waals surface area contributed by atoms with Crippen molar-refractivity contribution in [2.75, 3.05) is 13.7 Å². The van der Waals surface area contributed by atoms with Crippen molar-refractivity contribution in [1.29, 1.82) is 0 Å². The van der Waals surface area contributed by atoms with E-state index in [2.05, 4.69) is 6.92 Å². The van der Waals surface area contributed by atoms with Gasteiger partial charge in [-0.1, -0.05) is 19.8 Å². The van der Waals surface area contributed by atoms with Crippen molar-refractivity contribution >= 4 is 0 Å². The second kappa shape index (κ2) is 8.10. The summed E-state index contributed by atoms with van der Waals surface area (Å²) in [5.41, 5.74) is -1.46. The van der Waals surface area contributed by atoms with Gasteiger partial charge in [0.1, 0.15) is 12.3 Å². The molecule has 1 aromatic carbocycles. The van der Waals surface area contributed by atoms with Crippen LogP contribution in [0, 0.1) is 29.4 Å². The van der Waals surface area contributed by atoms with Gasteiger partial charge in [-0.3, -0.25) is 0 Å². The van der Waals surface area contributed by atoms with Gasteiger partial charge in [0.2, 0.25) is 11.6 Å². The van der Waals surface area contributed by atoms with Crippen molar-refractivity contribution in [2.24, 2.45) is 17.8 Å². The molecule has 0 saturated heterocycles. The summed E-state index contributed by atoms with van der Waals surface area (Å²) in [6.45, 7) is 2.08. The molecule has 0 atom stereocenters. The first kappa shape index (κ1) is 19.4. The first-order chi connectivity index (χ1) is 12.4. The van der Waals surface area contributed by atoms with Gasteiger partial charge < -0.3 is 9.47 Å². The molecule has 2 aliphatic carbocycles. The number of benzene rings is 1. The molecule has 0 N–H and O–H groups in total. The van der Waals surface area contributed by atoms with Crippen LogP contribution in [0.25, 0.3) is 0 Å². The molecule has 2 nitrogen and oxygen atoms in total. The van der Waals surface area contributed by atoms with Gasteiger partial charge in [-0.25, -0.2) is 4.39 Å². The molecule has 146 valence electrons. The van der Waals surface area contributed by atoms with Crippen LogP contribution in [0.15, 0.2) is 12.1 Å². The Labute approximate surface area is 154 Å². The van der Waals surface area contributed by atoms with Gasteiger partial charge in [0.25, 0.3) is 0 Å². The van der Waals surface area contributed by atoms with E-state index in [1.54, 1.807) is 0 Å². The molecule has 3 rings (SSSR count). The van der Waals surface area contributed by atoms with Crippen molar-refractivity contribution in [3.8, 4) is 11.5 Å². The normalized spacial score (nSPS) is 32.3. The summed E-state index contributed by atoms with van der Waals surface area (Å²) in [4.78, 5) is 0. The smallest absolute Gasteiger partial charge is 0.204 e. The fraction of sp³-hybridized carbons (Fsp3) is 0.714. The lowest BCUT2D eigenvalue weighted by molar-refractivity contribution is 0.0156. The van der Waals surface area contributed by atoms with Crippen LogP contribution >= 0.6 is 0 Å². The highest BCUT2D eigenvalue weighted by Gasteiger charge is 2.39. The van der Waals surface area contributed by atoms with Gasteiger partial charge in [0.05, 0.1) is 7.11 Å². The monoisotopic (exact) mass is 370 g/mol. The first-order valence-corrected chi connectivity index (χ1v) is 9.75. The number of hydrogen-bond donors (Lipinski definition) is 0. The number of hydrogen-bond acceptors (Lipinski definition) is 2. The molecule has 0 aliphatic heterocycles. The van der Waals surface area contributed by atoms with Gasteiger partial charge in [-0.2, -0.15) is 8.78 Å². The number of halogens is 3. The molecular weight excluding hydrogens is 341 g/mol. The molecule has 0 amide bonds. The van der Waals surface area contributed by atoms with Gasteiger partial charge in [-0.05, 0) is 68.4 Å². The third-order valence-corrected chi connectivity index (χ3v) is 6.37. The molecular formula is C21H29F3O2. The van der Waals surface area contributed by atoms with E-state index in [9.17, 15) is 8.78 Å². The molecule has 2 aliphatic rings. The van der Waals surface area contributed by atoms with E-state index >= 15 is 4.39 Å². The maximum absolute atomic E-state index is 15.1. The second-order valence-corrected chi connectivity index (χ2v) is 8.19. The Morgan fingerprint density at radius 3 is 2.08 bits per heavy atom. The molecule has 0 heterocycles. The van der Waals surface area contributed by atoms with Crippen molar-refractivity contribution in [1.82, 2.24) is 0 Å². The van der Waals surface area contributed by atoms with Crippen LogP contribution in [0.4, 0.5) is 13.2 Å². The fourth-order valence-electron chi connectivity index (χ4n) is 4.52. The van der Waals surface area contributed by atoms with Crippen LogP contribution in [0.3, 0.4) is 0 Å². The van der Waals surface area contributed by atoms with E-state index in [0.717, 1.165) is 24.7 Å². The van der Waals surface area contributed by atoms with E-state index in [4.69, 9.17) is 9.47 Å². The van der Waals surface area contributed by atoms with E-state index in [-0.39, 0.29) is 18.1 Å². The van der Waals surface area contributed by atoms with Gasteiger partial charge in [-0.15, -0.1) is 0 Å². The van der Waals surface area contributed by atoms with Crippen LogP contribution in [-0.4, -0.2) is 19.4 Å². The van der Waals surface area contributed by atoms with E-state index in [0.29, 0.717) is 18.8 Å². The predicted molar refractivity (Wildman–Crippen MR) is 95.3 cm³/mol. The van der Waals surface area contributed by atoms with Crippen LogP contribution in [0.5, 0.6) is 11.5 Å². The minimum atomic E-state index is -1.46. The Balaban J connectivity index is 1.52. The topological polar surface area (TPSA) is 18.5 Å². The largest absolute Gasteiger partial charge is 0.494 e. The summed E-state index contributed by atoms with van der Waals surface area (Å²) >= 11 is 0. The third-order valence-electron chi connectivity index (χ3n) is 6.37. The van der Waals surface area contributed by atoms with Gasteiger partial charge >= 0.3 is 0 Å². The molecule has 1 aromatic rings. The first-order valence-electron chi connectivity index (χ1n) is 9.75. The SMILES string of the molecule is COc1ccc(OC[C@]2(F)CC[C@@H](C3CCC(C)CC3)CC2)c(F)c1F. The molecule has 0 unspecified atom stereocenters. The highest BCUT2D eigenvalue weighted by atomic mass is 19.2. The van der Waals surface area contributed by atoms with Crippen molar-refractivity contribution in [3.05, 3.63) is 23.8 Å². The molecule has 5 heteroatoms. The Morgan fingerprint density at radius 2 is 1.46 bits per heavy atom. The standard InChI is InChI=1S/C21H29F3O2/c1-14-3-5-15(6-4-14)16-9-11-21(24,12-10-16)13-26-18-8-7-17(25-2)19(22)20(18)23/h7-8,14-16H,3-6,9-13H2,1-2H3/t14?,15?,16-,21+. The van der Waals surface area contributed by atoms with Crippen LogP contribution < -0.4 is 9.47 Å². The zero-order valence-corrected chi connectivity index (χ0v) is 15.7. The summed E-state index contributed by atoms with van der Waals surface area (Å²) in [6.07, 6.45) is 7.68. The summed E-state index contributed by atoms with van der Waals surface area (Å²) in [5.74, 6) is -0.531. The number of rotatable bonds is 5. The predicted octanol–water partition coefficient (Wildman–Crippen LogP) is 6.08. The summed E-state index contributed by atoms with van der Waals surface area (Å²) in [5, 5.41) is 0. The minimum Gasteiger partial charge on any atom is -0.494 e. The van der Waals surface area contributed by atoms with Crippen molar-refractivity contribution in [3.63, 3.8) is 0 Å². The fourth-order valence-corrected chi connectivity index (χ4v) is 4.52. The summed E-state index contributed by atoms with van der Waals surface area (Å²) in [7, 11) is 1.26. The third kappa shape index (κ3) is 4.29. The Hall–Kier alpha value is -1.39. The number of alkyl halides is 1. The van der Waals surface area contributed by atoms with Crippen molar-refractivity contribution < 1.29 is 22.6 Å². The average Bonchev–Trinajstić information content (AvgIpc) is 2.64. The maximum Gasteiger partial charge on any atom is 0.204 e. The number of methoxy groups -OCH3 is 1. The number of ether oxygens (including phenoxy) is 2. The lowest BCUT2D eigenvalue weighted by Crippen LogP contribution is -2.38. The Bertz CT molecular complexity index is 604. The van der Waals surface area contributed by atoms with Crippen LogP contribution in [0.1, 0.15) is 58.3 Å². The lowest BCUT2D eigenvalue weighted by Gasteiger charge is -2.39. The van der Waals surface area contributed by atoms with E-state index in [1.165, 1.54) is 44.9 Å². The van der Waals surface area contributed by atoms with E-state index < -0.39 is 17.3 Å². The minimum absolute atomic E-state index is 0.188. The zero-order valence-electron chi connectivity index (χ0n) is 15.7. The van der Waals surface area contributed by atoms with Gasteiger partial charge in [0, 0.05) is 0 Å². The highest BCUT2D eigenvalue weighted by molar-refractivity contribution is 5.35. The summed E-state index contributed by atoms with van der Waals surface area (Å²) < 4.78 is 52.8. The molecule has 26 heavy (non-hydrogen) atoms. The van der Waals surface area contributed by atoms with Gasteiger partial charge in [0.15, 0.2) is 11.5 Å². The molecule has 0 bridgehead atoms. The Morgan fingerprint density at radius 1 is 0.923 bits per heavy atom. The second-order valence-electron chi connectivity index (χ2n) is 8.19. The van der Waals surface area contributed by atoms with E-state index in [1.807, 2.05) is 0 Å². The molecule has 0 radical (unpaired) electrons. The summed E-state index contributed by atoms with van der Waals surface area (Å²) in [6, 6.07) is 2.58. The molecule has 2 fully saturated rings. The van der Waals surface area contributed by atoms with Crippen LogP contribution in [0.2, 0.25) is 0 Å². The Kier molecular flexibility index (Phi) is 6.03. The van der Waals surface area contributed by atoms with Crippen LogP contribution in [-0.2, 0) is 0 Å². The zero-order chi connectivity index (χ0) is 18.7. The van der Waals surface area contributed by atoms with Crippen molar-refractivity contribution in [2.45, 2.75) is 64.0 Å².